The van der Waals surface area contributed by atoms with Crippen molar-refractivity contribution < 1.29 is 0 Å². The molecule has 0 saturated heterocycles. The van der Waals surface area contributed by atoms with E-state index in [-0.39, 0.29) is 6.04 Å². The summed E-state index contributed by atoms with van der Waals surface area (Å²) in [7, 11) is 4.16. The third-order valence-corrected chi connectivity index (χ3v) is 3.77. The molecule has 1 heterocycles. The average Bonchev–Trinajstić information content (AvgIpc) is 2.56. The summed E-state index contributed by atoms with van der Waals surface area (Å²) in [5.74, 6) is 0. The first-order valence-electron chi connectivity index (χ1n) is 7.49. The molecule has 4 nitrogen and oxygen atoms in total. The van der Waals surface area contributed by atoms with Gasteiger partial charge in [-0.15, -0.1) is 0 Å². The molecule has 0 radical (unpaired) electrons. The van der Waals surface area contributed by atoms with Gasteiger partial charge in [0.1, 0.15) is 11.8 Å². The number of benzene rings is 1. The van der Waals surface area contributed by atoms with E-state index in [0.717, 1.165) is 18.7 Å². The lowest BCUT2D eigenvalue weighted by atomic mass is 10.0. The fourth-order valence-electron chi connectivity index (χ4n) is 2.35. The minimum atomic E-state index is 0.279. The van der Waals surface area contributed by atoms with Crippen LogP contribution in [-0.2, 0) is 6.42 Å². The normalized spacial score (nSPS) is 12.0. The maximum atomic E-state index is 8.77. The molecule has 0 amide bonds. The van der Waals surface area contributed by atoms with E-state index in [1.165, 1.54) is 11.1 Å². The van der Waals surface area contributed by atoms with Gasteiger partial charge in [0.25, 0.3) is 0 Å². The van der Waals surface area contributed by atoms with Crippen molar-refractivity contribution in [1.82, 2.24) is 9.88 Å². The zero-order valence-corrected chi connectivity index (χ0v) is 13.4. The van der Waals surface area contributed by atoms with Crippen molar-refractivity contribution in [3.63, 3.8) is 0 Å². The highest BCUT2D eigenvalue weighted by atomic mass is 15.1. The van der Waals surface area contributed by atoms with E-state index in [4.69, 9.17) is 5.26 Å². The van der Waals surface area contributed by atoms with E-state index in [1.54, 1.807) is 12.3 Å². The number of nitriles is 1. The summed E-state index contributed by atoms with van der Waals surface area (Å²) in [4.78, 5) is 6.28. The minimum Gasteiger partial charge on any atom is -0.382 e. The van der Waals surface area contributed by atoms with Gasteiger partial charge in [-0.1, -0.05) is 31.2 Å². The van der Waals surface area contributed by atoms with Gasteiger partial charge in [0.05, 0.1) is 17.9 Å². The number of nitrogens with one attached hydrogen (secondary N) is 1. The lowest BCUT2D eigenvalue weighted by molar-refractivity contribution is 0.312. The van der Waals surface area contributed by atoms with Gasteiger partial charge in [0.2, 0.25) is 0 Å². The van der Waals surface area contributed by atoms with Gasteiger partial charge < -0.3 is 10.2 Å². The number of aryl methyl sites for hydroxylation is 1. The summed E-state index contributed by atoms with van der Waals surface area (Å²) >= 11 is 0. The van der Waals surface area contributed by atoms with Crippen molar-refractivity contribution in [2.75, 3.05) is 26.0 Å². The number of hydrogen-bond donors (Lipinski definition) is 1. The van der Waals surface area contributed by atoms with Crippen LogP contribution in [0, 0.1) is 11.3 Å². The van der Waals surface area contributed by atoms with Gasteiger partial charge in [-0.25, -0.2) is 4.98 Å². The zero-order valence-electron chi connectivity index (χ0n) is 13.4. The van der Waals surface area contributed by atoms with E-state index in [0.29, 0.717) is 5.69 Å². The van der Waals surface area contributed by atoms with Crippen molar-refractivity contribution in [3.05, 3.63) is 59.4 Å². The summed E-state index contributed by atoms with van der Waals surface area (Å²) in [6, 6.07) is 14.7. The minimum absolute atomic E-state index is 0.279. The Hall–Kier alpha value is -2.38. The van der Waals surface area contributed by atoms with Crippen molar-refractivity contribution in [2.24, 2.45) is 0 Å². The molecule has 0 saturated carbocycles. The highest BCUT2D eigenvalue weighted by molar-refractivity contribution is 5.43. The van der Waals surface area contributed by atoms with Crippen LogP contribution >= 0.6 is 0 Å². The van der Waals surface area contributed by atoms with Crippen LogP contribution in [0.4, 0.5) is 5.69 Å². The maximum absolute atomic E-state index is 8.77. The zero-order chi connectivity index (χ0) is 15.9. The molecule has 1 aromatic heterocycles. The molecule has 2 aromatic rings. The van der Waals surface area contributed by atoms with Crippen LogP contribution in [-0.4, -0.2) is 30.5 Å². The smallest absolute Gasteiger partial charge is 0.140 e. The fourth-order valence-corrected chi connectivity index (χ4v) is 2.35. The molecule has 4 heteroatoms. The largest absolute Gasteiger partial charge is 0.382 e. The number of likely N-dealkylation sites (N-methyl/N-ethyl adjacent to an activating group) is 1. The SMILES string of the molecule is CCc1ccc(C(CNc2ccc(C#N)nc2)N(C)C)cc1. The molecule has 1 atom stereocenters. The number of aromatic nitrogens is 1. The molecular weight excluding hydrogens is 272 g/mol. The Morgan fingerprint density at radius 1 is 1.18 bits per heavy atom. The van der Waals surface area contributed by atoms with Gasteiger partial charge in [-0.3, -0.25) is 0 Å². The highest BCUT2D eigenvalue weighted by Crippen LogP contribution is 2.20. The molecule has 1 N–H and O–H groups in total. The second-order valence-electron chi connectivity index (χ2n) is 5.50. The van der Waals surface area contributed by atoms with Crippen LogP contribution in [0.5, 0.6) is 0 Å². The summed E-state index contributed by atoms with van der Waals surface area (Å²) in [6.07, 6.45) is 2.76. The summed E-state index contributed by atoms with van der Waals surface area (Å²) in [5.41, 5.74) is 4.00. The Morgan fingerprint density at radius 3 is 2.41 bits per heavy atom. The van der Waals surface area contributed by atoms with E-state index in [1.807, 2.05) is 12.1 Å². The standard InChI is InChI=1S/C18H22N4/c1-4-14-5-7-15(8-6-14)18(22(2)3)13-21-17-10-9-16(11-19)20-12-17/h5-10,12,18,21H,4,13H2,1-3H3. The van der Waals surface area contributed by atoms with Crippen LogP contribution in [0.1, 0.15) is 29.8 Å². The van der Waals surface area contributed by atoms with Crippen molar-refractivity contribution in [3.8, 4) is 6.07 Å². The van der Waals surface area contributed by atoms with Crippen LogP contribution in [0.3, 0.4) is 0 Å². The Bertz CT molecular complexity index is 624. The second-order valence-corrected chi connectivity index (χ2v) is 5.50. The molecule has 0 aliphatic heterocycles. The third-order valence-electron chi connectivity index (χ3n) is 3.77. The Kier molecular flexibility index (Phi) is 5.51. The van der Waals surface area contributed by atoms with Crippen LogP contribution in [0.15, 0.2) is 42.6 Å². The summed E-state index contributed by atoms with van der Waals surface area (Å²) in [6.45, 7) is 2.95. The predicted octanol–water partition coefficient (Wildman–Crippen LogP) is 3.23. The van der Waals surface area contributed by atoms with E-state index in [9.17, 15) is 0 Å². The lowest BCUT2D eigenvalue weighted by Gasteiger charge is -2.25. The molecule has 22 heavy (non-hydrogen) atoms. The van der Waals surface area contributed by atoms with Gasteiger partial charge >= 0.3 is 0 Å². The average molecular weight is 294 g/mol. The van der Waals surface area contributed by atoms with E-state index >= 15 is 0 Å². The number of hydrogen-bond acceptors (Lipinski definition) is 4. The lowest BCUT2D eigenvalue weighted by Crippen LogP contribution is -2.26. The monoisotopic (exact) mass is 294 g/mol. The van der Waals surface area contributed by atoms with Crippen molar-refractivity contribution in [1.29, 1.82) is 5.26 Å². The third kappa shape index (κ3) is 4.06. The van der Waals surface area contributed by atoms with Crippen LogP contribution in [0.25, 0.3) is 0 Å². The molecule has 0 aliphatic rings. The molecular formula is C18H22N4. The summed E-state index contributed by atoms with van der Waals surface area (Å²) < 4.78 is 0. The quantitative estimate of drug-likeness (QED) is 0.888. The first-order chi connectivity index (χ1) is 10.6. The Balaban J connectivity index is 2.06. The van der Waals surface area contributed by atoms with E-state index < -0.39 is 0 Å². The predicted molar refractivity (Wildman–Crippen MR) is 89.7 cm³/mol. The molecule has 0 aliphatic carbocycles. The van der Waals surface area contributed by atoms with Crippen LogP contribution in [0.2, 0.25) is 0 Å². The fraction of sp³-hybridized carbons (Fsp3) is 0.333. The number of nitrogens with zero attached hydrogens (tertiary/aromatic N) is 3. The first-order valence-corrected chi connectivity index (χ1v) is 7.49. The van der Waals surface area contributed by atoms with Gasteiger partial charge in [-0.05, 0) is 43.8 Å². The van der Waals surface area contributed by atoms with Crippen molar-refractivity contribution in [2.45, 2.75) is 19.4 Å². The maximum Gasteiger partial charge on any atom is 0.140 e. The Labute approximate surface area is 132 Å². The molecule has 2 rings (SSSR count). The molecule has 0 bridgehead atoms. The molecule has 0 fully saturated rings. The molecule has 1 unspecified atom stereocenters. The second kappa shape index (κ2) is 7.58. The van der Waals surface area contributed by atoms with Gasteiger partial charge in [0, 0.05) is 6.54 Å². The molecule has 0 spiro atoms. The topological polar surface area (TPSA) is 52.0 Å². The molecule has 114 valence electrons. The number of anilines is 1. The van der Waals surface area contributed by atoms with E-state index in [2.05, 4.69) is 60.5 Å². The number of pyridine rings is 1. The van der Waals surface area contributed by atoms with Crippen LogP contribution < -0.4 is 5.32 Å². The highest BCUT2D eigenvalue weighted by Gasteiger charge is 2.13. The summed E-state index contributed by atoms with van der Waals surface area (Å²) in [5, 5.41) is 12.2. The van der Waals surface area contributed by atoms with Crippen molar-refractivity contribution >= 4 is 5.69 Å². The van der Waals surface area contributed by atoms with Gasteiger partial charge in [0.15, 0.2) is 0 Å². The Morgan fingerprint density at radius 2 is 1.91 bits per heavy atom. The van der Waals surface area contributed by atoms with Gasteiger partial charge in [-0.2, -0.15) is 5.26 Å². The molecule has 1 aromatic carbocycles. The first kappa shape index (κ1) is 16.0. The number of rotatable bonds is 6.